The van der Waals surface area contributed by atoms with Gasteiger partial charge in [0, 0.05) is 36.3 Å². The summed E-state index contributed by atoms with van der Waals surface area (Å²) in [6.07, 6.45) is 1.87. The van der Waals surface area contributed by atoms with Gasteiger partial charge in [0.05, 0.1) is 0 Å². The minimum atomic E-state index is -0.190. The zero-order valence-corrected chi connectivity index (χ0v) is 15.1. The molecule has 2 aromatic carbocycles. The number of hydrogen-bond donors (Lipinski definition) is 2. The number of nitrogens with zero attached hydrogens (tertiary/aromatic N) is 3. The van der Waals surface area contributed by atoms with Crippen molar-refractivity contribution >= 4 is 17.5 Å². The van der Waals surface area contributed by atoms with Crippen LogP contribution in [0.15, 0.2) is 60.9 Å². The van der Waals surface area contributed by atoms with Crippen molar-refractivity contribution < 1.29 is 9.59 Å². The van der Waals surface area contributed by atoms with Crippen LogP contribution in [0.2, 0.25) is 0 Å². The highest BCUT2D eigenvalue weighted by molar-refractivity contribution is 5.95. The fourth-order valence-corrected chi connectivity index (χ4v) is 2.65. The highest BCUT2D eigenvalue weighted by Gasteiger charge is 2.09. The molecule has 27 heavy (non-hydrogen) atoms. The smallest absolute Gasteiger partial charge is 0.251 e. The van der Waals surface area contributed by atoms with Gasteiger partial charge in [0.25, 0.3) is 5.91 Å². The van der Waals surface area contributed by atoms with E-state index in [1.165, 1.54) is 0 Å². The van der Waals surface area contributed by atoms with Gasteiger partial charge in [-0.3, -0.25) is 9.59 Å². The van der Waals surface area contributed by atoms with E-state index < -0.39 is 0 Å². The average Bonchev–Trinajstić information content (AvgIpc) is 3.17. The van der Waals surface area contributed by atoms with E-state index in [0.717, 1.165) is 17.9 Å². The summed E-state index contributed by atoms with van der Waals surface area (Å²) in [4.78, 5) is 24.1. The summed E-state index contributed by atoms with van der Waals surface area (Å²) in [5.41, 5.74) is 2.13. The van der Waals surface area contributed by atoms with Crippen LogP contribution in [-0.4, -0.2) is 33.1 Å². The molecule has 3 rings (SSSR count). The molecule has 138 valence electrons. The second-order valence-corrected chi connectivity index (χ2v) is 5.94. The van der Waals surface area contributed by atoms with Crippen LogP contribution in [0.25, 0.3) is 11.4 Å². The van der Waals surface area contributed by atoms with Crippen LogP contribution in [0.5, 0.6) is 0 Å². The van der Waals surface area contributed by atoms with Gasteiger partial charge in [0.15, 0.2) is 5.82 Å². The summed E-state index contributed by atoms with van der Waals surface area (Å²) < 4.78 is 1.93. The first kappa shape index (κ1) is 18.3. The average molecular weight is 363 g/mol. The Morgan fingerprint density at radius 1 is 1.07 bits per heavy atom. The normalized spacial score (nSPS) is 10.4. The molecule has 2 amide bonds. The zero-order chi connectivity index (χ0) is 19.1. The first-order chi connectivity index (χ1) is 13.2. The quantitative estimate of drug-likeness (QED) is 0.675. The lowest BCUT2D eigenvalue weighted by Crippen LogP contribution is -2.27. The maximum absolute atomic E-state index is 12.2. The Balaban J connectivity index is 1.54. The fraction of sp³-hybridized carbons (Fsp3) is 0.200. The Hall–Kier alpha value is -3.48. The number of hydrogen-bond acceptors (Lipinski definition) is 4. The molecule has 0 saturated heterocycles. The molecule has 0 fully saturated rings. The number of rotatable bonds is 7. The first-order valence-electron chi connectivity index (χ1n) is 8.78. The third kappa shape index (κ3) is 4.78. The number of amides is 2. The van der Waals surface area contributed by atoms with Crippen molar-refractivity contribution in [3.05, 3.63) is 66.5 Å². The van der Waals surface area contributed by atoms with Crippen molar-refractivity contribution in [3.8, 4) is 11.4 Å². The minimum absolute atomic E-state index is 0.169. The molecule has 3 aromatic rings. The van der Waals surface area contributed by atoms with Gasteiger partial charge in [-0.1, -0.05) is 30.3 Å². The lowest BCUT2D eigenvalue weighted by atomic mass is 10.2. The molecule has 2 N–H and O–H groups in total. The summed E-state index contributed by atoms with van der Waals surface area (Å²) in [5, 5.41) is 13.6. The maximum Gasteiger partial charge on any atom is 0.251 e. The van der Waals surface area contributed by atoms with Crippen LogP contribution in [0.4, 0.5) is 5.69 Å². The molecule has 0 unspecified atom stereocenters. The topological polar surface area (TPSA) is 88.9 Å². The molecule has 0 saturated carbocycles. The van der Waals surface area contributed by atoms with Crippen molar-refractivity contribution in [2.75, 3.05) is 11.9 Å². The van der Waals surface area contributed by atoms with E-state index in [9.17, 15) is 9.59 Å². The predicted octanol–water partition coefficient (Wildman–Crippen LogP) is 2.72. The summed E-state index contributed by atoms with van der Waals surface area (Å²) in [6, 6.07) is 16.4. The van der Waals surface area contributed by atoms with Gasteiger partial charge in [-0.25, -0.2) is 0 Å². The van der Waals surface area contributed by atoms with Gasteiger partial charge >= 0.3 is 0 Å². The molecule has 0 spiro atoms. The van der Waals surface area contributed by atoms with Gasteiger partial charge in [-0.15, -0.1) is 10.2 Å². The molecule has 0 aliphatic heterocycles. The van der Waals surface area contributed by atoms with Crippen molar-refractivity contribution in [3.63, 3.8) is 0 Å². The molecule has 7 heteroatoms. The summed E-state index contributed by atoms with van der Waals surface area (Å²) >= 11 is 0. The molecular weight excluding hydrogens is 342 g/mol. The van der Waals surface area contributed by atoms with E-state index in [1.807, 2.05) is 41.8 Å². The standard InChI is InChI=1S/C20H21N5O2/c1-2-25-14-22-24-19(25)16-9-6-10-17(13-16)23-18(26)11-12-21-20(27)15-7-4-3-5-8-15/h3-10,13-14H,2,11-12H2,1H3,(H,21,27)(H,23,26). The molecule has 0 aliphatic rings. The van der Waals surface area contributed by atoms with Gasteiger partial charge in [0.1, 0.15) is 6.33 Å². The number of aryl methyl sites for hydroxylation is 1. The van der Waals surface area contributed by atoms with Crippen molar-refractivity contribution in [2.45, 2.75) is 19.9 Å². The predicted molar refractivity (Wildman–Crippen MR) is 103 cm³/mol. The summed E-state index contributed by atoms with van der Waals surface area (Å²) in [7, 11) is 0. The van der Waals surface area contributed by atoms with E-state index in [2.05, 4.69) is 20.8 Å². The molecule has 1 heterocycles. The van der Waals surface area contributed by atoms with E-state index in [1.54, 1.807) is 30.6 Å². The third-order valence-electron chi connectivity index (χ3n) is 4.03. The Labute approximate surface area is 157 Å². The Bertz CT molecular complexity index is 921. The van der Waals surface area contributed by atoms with Crippen LogP contribution >= 0.6 is 0 Å². The number of nitrogens with one attached hydrogen (secondary N) is 2. The minimum Gasteiger partial charge on any atom is -0.352 e. The van der Waals surface area contributed by atoms with E-state index in [-0.39, 0.29) is 24.8 Å². The molecule has 0 aliphatic carbocycles. The first-order valence-corrected chi connectivity index (χ1v) is 8.78. The lowest BCUT2D eigenvalue weighted by Gasteiger charge is -2.09. The summed E-state index contributed by atoms with van der Waals surface area (Å²) in [6.45, 7) is 3.05. The van der Waals surface area contributed by atoms with E-state index in [0.29, 0.717) is 11.3 Å². The monoisotopic (exact) mass is 363 g/mol. The van der Waals surface area contributed by atoms with Crippen LogP contribution in [0.1, 0.15) is 23.7 Å². The second-order valence-electron chi connectivity index (χ2n) is 5.94. The Morgan fingerprint density at radius 3 is 2.67 bits per heavy atom. The van der Waals surface area contributed by atoms with Crippen LogP contribution < -0.4 is 10.6 Å². The molecule has 0 bridgehead atoms. The van der Waals surface area contributed by atoms with Gasteiger partial charge in [0.2, 0.25) is 5.91 Å². The van der Waals surface area contributed by atoms with Crippen LogP contribution in [0, 0.1) is 0 Å². The van der Waals surface area contributed by atoms with Crippen LogP contribution in [-0.2, 0) is 11.3 Å². The highest BCUT2D eigenvalue weighted by atomic mass is 16.2. The fourth-order valence-electron chi connectivity index (χ4n) is 2.65. The molecule has 1 aromatic heterocycles. The molecule has 0 radical (unpaired) electrons. The van der Waals surface area contributed by atoms with Gasteiger partial charge < -0.3 is 15.2 Å². The van der Waals surface area contributed by atoms with E-state index >= 15 is 0 Å². The Kier molecular flexibility index (Phi) is 5.94. The highest BCUT2D eigenvalue weighted by Crippen LogP contribution is 2.20. The van der Waals surface area contributed by atoms with Crippen molar-refractivity contribution in [1.29, 1.82) is 0 Å². The Morgan fingerprint density at radius 2 is 1.89 bits per heavy atom. The van der Waals surface area contributed by atoms with Gasteiger partial charge in [-0.2, -0.15) is 0 Å². The number of benzene rings is 2. The number of aromatic nitrogens is 3. The molecule has 7 nitrogen and oxygen atoms in total. The zero-order valence-electron chi connectivity index (χ0n) is 15.1. The largest absolute Gasteiger partial charge is 0.352 e. The van der Waals surface area contributed by atoms with Crippen molar-refractivity contribution in [1.82, 2.24) is 20.1 Å². The second kappa shape index (κ2) is 8.75. The third-order valence-corrected chi connectivity index (χ3v) is 4.03. The number of carbonyl (C=O) groups is 2. The van der Waals surface area contributed by atoms with Gasteiger partial charge in [-0.05, 0) is 31.2 Å². The lowest BCUT2D eigenvalue weighted by molar-refractivity contribution is -0.116. The number of anilines is 1. The van der Waals surface area contributed by atoms with E-state index in [4.69, 9.17) is 0 Å². The SMILES string of the molecule is CCn1cnnc1-c1cccc(NC(=O)CCNC(=O)c2ccccc2)c1. The maximum atomic E-state index is 12.2. The summed E-state index contributed by atoms with van der Waals surface area (Å²) in [5.74, 6) is 0.394. The molecule has 0 atom stereocenters. The van der Waals surface area contributed by atoms with Crippen molar-refractivity contribution in [2.24, 2.45) is 0 Å². The molecular formula is C20H21N5O2. The number of carbonyl (C=O) groups excluding carboxylic acids is 2. The van der Waals surface area contributed by atoms with Crippen LogP contribution in [0.3, 0.4) is 0 Å².